The van der Waals surface area contributed by atoms with Crippen molar-refractivity contribution >= 4 is 5.82 Å². The zero-order valence-corrected chi connectivity index (χ0v) is 8.24. The van der Waals surface area contributed by atoms with E-state index in [9.17, 15) is 15.2 Å². The van der Waals surface area contributed by atoms with Gasteiger partial charge in [0.25, 0.3) is 0 Å². The first-order chi connectivity index (χ1) is 7.18. The third-order valence-electron chi connectivity index (χ3n) is 2.82. The predicted octanol–water partition coefficient (Wildman–Crippen LogP) is 1.27. The molecule has 2 rings (SSSR count). The summed E-state index contributed by atoms with van der Waals surface area (Å²) in [7, 11) is 0. The van der Waals surface area contributed by atoms with E-state index in [4.69, 9.17) is 0 Å². The molecule has 2 atom stereocenters. The Hall–Kier alpha value is -1.43. The summed E-state index contributed by atoms with van der Waals surface area (Å²) in [6.07, 6.45) is 4.77. The topological polar surface area (TPSA) is 81.2 Å². The van der Waals surface area contributed by atoms with Crippen LogP contribution >= 0.6 is 0 Å². The van der Waals surface area contributed by atoms with Crippen molar-refractivity contribution < 1.29 is 10.0 Å². The van der Waals surface area contributed by atoms with E-state index in [1.807, 2.05) is 0 Å². The van der Waals surface area contributed by atoms with Gasteiger partial charge >= 0.3 is 5.82 Å². The zero-order valence-electron chi connectivity index (χ0n) is 8.24. The average molecular weight is 211 g/mol. The van der Waals surface area contributed by atoms with Crippen LogP contribution in [0.5, 0.6) is 0 Å². The van der Waals surface area contributed by atoms with E-state index in [1.165, 1.54) is 10.7 Å². The molecule has 0 saturated heterocycles. The third-order valence-corrected chi connectivity index (χ3v) is 2.82. The molecule has 0 bridgehead atoms. The number of hydrogen-bond donors (Lipinski definition) is 1. The monoisotopic (exact) mass is 211 g/mol. The Labute approximate surface area is 86.7 Å². The molecule has 0 amide bonds. The molecule has 0 aliphatic heterocycles. The summed E-state index contributed by atoms with van der Waals surface area (Å²) >= 11 is 0. The molecule has 0 radical (unpaired) electrons. The van der Waals surface area contributed by atoms with Gasteiger partial charge < -0.3 is 15.2 Å². The van der Waals surface area contributed by atoms with Gasteiger partial charge in [0.15, 0.2) is 0 Å². The van der Waals surface area contributed by atoms with Gasteiger partial charge in [0.05, 0.1) is 29.5 Å². The molecule has 1 saturated carbocycles. The van der Waals surface area contributed by atoms with E-state index in [0.29, 0.717) is 0 Å². The van der Waals surface area contributed by atoms with Crippen molar-refractivity contribution in [1.82, 2.24) is 9.78 Å². The number of aliphatic hydroxyl groups is 1. The van der Waals surface area contributed by atoms with Gasteiger partial charge in [-0.3, -0.25) is 0 Å². The summed E-state index contributed by atoms with van der Waals surface area (Å²) in [5, 5.41) is 24.0. The molecule has 1 N–H and O–H groups in total. The summed E-state index contributed by atoms with van der Waals surface area (Å²) < 4.78 is 1.52. The second kappa shape index (κ2) is 3.98. The minimum absolute atomic E-state index is 0.104. The largest absolute Gasteiger partial charge is 0.391 e. The highest BCUT2D eigenvalue weighted by Gasteiger charge is 2.28. The quantitative estimate of drug-likeness (QED) is 0.590. The third kappa shape index (κ3) is 1.99. The van der Waals surface area contributed by atoms with Crippen LogP contribution in [0.1, 0.15) is 31.7 Å². The maximum atomic E-state index is 10.4. The van der Waals surface area contributed by atoms with E-state index in [2.05, 4.69) is 5.10 Å². The van der Waals surface area contributed by atoms with E-state index in [0.717, 1.165) is 25.7 Å². The van der Waals surface area contributed by atoms with Crippen molar-refractivity contribution in [3.8, 4) is 0 Å². The Balaban J connectivity index is 2.17. The Kier molecular flexibility index (Phi) is 2.68. The van der Waals surface area contributed by atoms with Crippen molar-refractivity contribution in [2.75, 3.05) is 0 Å². The van der Waals surface area contributed by atoms with Crippen LogP contribution in [0.25, 0.3) is 0 Å². The lowest BCUT2D eigenvalue weighted by molar-refractivity contribution is -0.389. The van der Waals surface area contributed by atoms with E-state index >= 15 is 0 Å². The molecule has 1 aliphatic carbocycles. The molecule has 1 heterocycles. The fraction of sp³-hybridized carbons (Fsp3) is 0.667. The molecule has 1 aliphatic rings. The van der Waals surface area contributed by atoms with Crippen molar-refractivity contribution in [2.45, 2.75) is 37.8 Å². The van der Waals surface area contributed by atoms with Crippen molar-refractivity contribution in [3.63, 3.8) is 0 Å². The number of aliphatic hydroxyl groups excluding tert-OH is 1. The molecule has 0 unspecified atom stereocenters. The maximum Gasteiger partial charge on any atom is 0.389 e. The molecular weight excluding hydrogens is 198 g/mol. The van der Waals surface area contributed by atoms with Gasteiger partial charge in [0.2, 0.25) is 0 Å². The molecule has 1 aromatic heterocycles. The van der Waals surface area contributed by atoms with Crippen LogP contribution in [0.15, 0.2) is 12.3 Å². The van der Waals surface area contributed by atoms with Crippen LogP contribution in [0, 0.1) is 10.1 Å². The summed E-state index contributed by atoms with van der Waals surface area (Å²) in [5.41, 5.74) is 0. The molecule has 15 heavy (non-hydrogen) atoms. The summed E-state index contributed by atoms with van der Waals surface area (Å²) in [5.74, 6) is -0.159. The average Bonchev–Trinajstić information content (AvgIpc) is 2.67. The fourth-order valence-electron chi connectivity index (χ4n) is 2.01. The number of nitrogens with zero attached hydrogens (tertiary/aromatic N) is 3. The normalized spacial score (nSPS) is 26.5. The van der Waals surface area contributed by atoms with Gasteiger partial charge in [-0.1, -0.05) is 12.8 Å². The van der Waals surface area contributed by atoms with Crippen LogP contribution in [0.3, 0.4) is 0 Å². The molecule has 1 fully saturated rings. The van der Waals surface area contributed by atoms with Gasteiger partial charge in [0, 0.05) is 0 Å². The Morgan fingerprint density at radius 1 is 1.53 bits per heavy atom. The minimum atomic E-state index is -0.522. The lowest BCUT2D eigenvalue weighted by Crippen LogP contribution is -2.27. The SMILES string of the molecule is O=[N+]([O-])c1ccn([C@@H]2CCCC[C@H]2O)n1. The van der Waals surface area contributed by atoms with E-state index in [1.54, 1.807) is 6.20 Å². The van der Waals surface area contributed by atoms with Gasteiger partial charge in [-0.25, -0.2) is 0 Å². The second-order valence-corrected chi connectivity index (χ2v) is 3.83. The summed E-state index contributed by atoms with van der Waals surface area (Å²) in [6.45, 7) is 0. The summed E-state index contributed by atoms with van der Waals surface area (Å²) in [4.78, 5) is 9.92. The first kappa shape index (κ1) is 10.1. The highest BCUT2D eigenvalue weighted by molar-refractivity contribution is 5.14. The predicted molar refractivity (Wildman–Crippen MR) is 52.4 cm³/mol. The molecule has 1 aromatic rings. The highest BCUT2D eigenvalue weighted by atomic mass is 16.6. The zero-order chi connectivity index (χ0) is 10.8. The molecule has 6 heteroatoms. The maximum absolute atomic E-state index is 10.4. The molecule has 82 valence electrons. The second-order valence-electron chi connectivity index (χ2n) is 3.83. The smallest absolute Gasteiger partial charge is 0.389 e. The van der Waals surface area contributed by atoms with Crippen LogP contribution in [0.4, 0.5) is 5.82 Å². The number of aromatic nitrogens is 2. The highest BCUT2D eigenvalue weighted by Crippen LogP contribution is 2.28. The Morgan fingerprint density at radius 3 is 2.87 bits per heavy atom. The lowest BCUT2D eigenvalue weighted by atomic mass is 9.93. The standard InChI is InChI=1S/C9H13N3O3/c13-8-4-2-1-3-7(8)11-6-5-9(10-11)12(14)15/h5-8,13H,1-4H2/t7-,8-/m1/s1. The van der Waals surface area contributed by atoms with Gasteiger partial charge in [0.1, 0.15) is 0 Å². The Bertz CT molecular complexity index is 363. The molecule has 6 nitrogen and oxygen atoms in total. The van der Waals surface area contributed by atoms with Gasteiger partial charge in [-0.2, -0.15) is 4.68 Å². The summed E-state index contributed by atoms with van der Waals surface area (Å²) in [6, 6.07) is 1.26. The Morgan fingerprint density at radius 2 is 2.27 bits per heavy atom. The molecular formula is C9H13N3O3. The first-order valence-electron chi connectivity index (χ1n) is 5.06. The first-order valence-corrected chi connectivity index (χ1v) is 5.06. The van der Waals surface area contributed by atoms with Gasteiger partial charge in [-0.15, -0.1) is 0 Å². The number of hydrogen-bond acceptors (Lipinski definition) is 4. The van der Waals surface area contributed by atoms with Crippen molar-refractivity contribution in [3.05, 3.63) is 22.4 Å². The fourth-order valence-corrected chi connectivity index (χ4v) is 2.01. The van der Waals surface area contributed by atoms with Crippen molar-refractivity contribution in [2.24, 2.45) is 0 Å². The molecule has 0 aromatic carbocycles. The lowest BCUT2D eigenvalue weighted by Gasteiger charge is -2.25. The minimum Gasteiger partial charge on any atom is -0.391 e. The van der Waals surface area contributed by atoms with Crippen molar-refractivity contribution in [1.29, 1.82) is 0 Å². The molecule has 0 spiro atoms. The van der Waals surface area contributed by atoms with E-state index in [-0.39, 0.29) is 11.9 Å². The van der Waals surface area contributed by atoms with Crippen LogP contribution in [-0.2, 0) is 0 Å². The number of rotatable bonds is 2. The van der Waals surface area contributed by atoms with Crippen LogP contribution < -0.4 is 0 Å². The number of nitro groups is 1. The van der Waals surface area contributed by atoms with Crippen LogP contribution in [0.2, 0.25) is 0 Å². The van der Waals surface area contributed by atoms with Gasteiger partial charge in [-0.05, 0) is 17.8 Å². The van der Waals surface area contributed by atoms with E-state index < -0.39 is 11.0 Å². The van der Waals surface area contributed by atoms with Crippen LogP contribution in [-0.4, -0.2) is 25.9 Å².